The highest BCUT2D eigenvalue weighted by molar-refractivity contribution is 6.28. The molecule has 0 fully saturated rings. The van der Waals surface area contributed by atoms with E-state index in [1.54, 1.807) is 17.8 Å². The summed E-state index contributed by atoms with van der Waals surface area (Å²) in [5.74, 6) is -0.813. The third-order valence-corrected chi connectivity index (χ3v) is 1.97. The molecule has 5 heteroatoms. The number of aromatic nitrogens is 2. The molecule has 1 heterocycles. The van der Waals surface area contributed by atoms with Gasteiger partial charge in [-0.05, 0) is 18.0 Å². The van der Waals surface area contributed by atoms with Crippen LogP contribution in [0.2, 0.25) is 5.28 Å². The summed E-state index contributed by atoms with van der Waals surface area (Å²) in [6.07, 6.45) is 2.16. The predicted molar refractivity (Wildman–Crippen MR) is 44.2 cm³/mol. The lowest BCUT2D eigenvalue weighted by molar-refractivity contribution is -0.136. The highest BCUT2D eigenvalue weighted by Gasteiger charge is 2.05. The van der Waals surface area contributed by atoms with Gasteiger partial charge in [0.1, 0.15) is 0 Å². The first-order valence-corrected chi connectivity index (χ1v) is 3.87. The zero-order valence-electron chi connectivity index (χ0n) is 6.62. The van der Waals surface area contributed by atoms with Crippen molar-refractivity contribution in [3.8, 4) is 0 Å². The average Bonchev–Trinajstić information content (AvgIpc) is 2.30. The van der Waals surface area contributed by atoms with Gasteiger partial charge in [0.25, 0.3) is 0 Å². The molecule has 1 rings (SSSR count). The van der Waals surface area contributed by atoms with Crippen molar-refractivity contribution < 1.29 is 9.90 Å². The van der Waals surface area contributed by atoms with Crippen molar-refractivity contribution in [2.75, 3.05) is 0 Å². The number of nitrogens with zero attached hydrogens (tertiary/aromatic N) is 2. The van der Waals surface area contributed by atoms with Gasteiger partial charge in [0, 0.05) is 18.9 Å². The van der Waals surface area contributed by atoms with Gasteiger partial charge in [-0.2, -0.15) is 0 Å². The van der Waals surface area contributed by atoms with Gasteiger partial charge >= 0.3 is 5.97 Å². The molecule has 0 amide bonds. The van der Waals surface area contributed by atoms with Crippen molar-refractivity contribution in [3.63, 3.8) is 0 Å². The maximum atomic E-state index is 10.2. The van der Waals surface area contributed by atoms with E-state index >= 15 is 0 Å². The Morgan fingerprint density at radius 3 is 2.92 bits per heavy atom. The van der Waals surface area contributed by atoms with Crippen molar-refractivity contribution in [3.05, 3.63) is 17.2 Å². The van der Waals surface area contributed by atoms with Crippen LogP contribution in [0.1, 0.15) is 12.1 Å². The van der Waals surface area contributed by atoms with E-state index in [4.69, 9.17) is 16.7 Å². The number of hydrogen-bond acceptors (Lipinski definition) is 2. The quantitative estimate of drug-likeness (QED) is 0.773. The number of rotatable bonds is 3. The number of carbonyl (C=O) groups is 1. The van der Waals surface area contributed by atoms with Crippen molar-refractivity contribution in [1.82, 2.24) is 9.55 Å². The maximum Gasteiger partial charge on any atom is 0.303 e. The highest BCUT2D eigenvalue weighted by atomic mass is 35.5. The van der Waals surface area contributed by atoms with E-state index in [2.05, 4.69) is 4.98 Å². The molecular formula is C7H9ClN2O2. The van der Waals surface area contributed by atoms with Gasteiger partial charge in [-0.3, -0.25) is 4.79 Å². The number of hydrogen-bond donors (Lipinski definition) is 1. The summed E-state index contributed by atoms with van der Waals surface area (Å²) in [6.45, 7) is 0. The Labute approximate surface area is 74.8 Å². The van der Waals surface area contributed by atoms with Crippen molar-refractivity contribution >= 4 is 17.6 Å². The van der Waals surface area contributed by atoms with Gasteiger partial charge < -0.3 is 9.67 Å². The smallest absolute Gasteiger partial charge is 0.303 e. The molecule has 12 heavy (non-hydrogen) atoms. The molecule has 0 unspecified atom stereocenters. The first-order valence-electron chi connectivity index (χ1n) is 3.49. The summed E-state index contributed by atoms with van der Waals surface area (Å²) in [6, 6.07) is 0. The third kappa shape index (κ3) is 1.98. The first kappa shape index (κ1) is 9.06. The van der Waals surface area contributed by atoms with E-state index < -0.39 is 5.97 Å². The molecule has 1 aromatic heterocycles. The van der Waals surface area contributed by atoms with E-state index in [9.17, 15) is 4.79 Å². The van der Waals surface area contributed by atoms with Crippen molar-refractivity contribution in [2.45, 2.75) is 12.8 Å². The number of imidazole rings is 1. The summed E-state index contributed by atoms with van der Waals surface area (Å²) in [5, 5.41) is 8.79. The molecule has 0 aliphatic heterocycles. The second kappa shape index (κ2) is 3.58. The zero-order valence-corrected chi connectivity index (χ0v) is 7.38. The van der Waals surface area contributed by atoms with Crippen LogP contribution in [0.25, 0.3) is 0 Å². The van der Waals surface area contributed by atoms with Crippen LogP contribution in [-0.4, -0.2) is 20.6 Å². The fourth-order valence-corrected chi connectivity index (χ4v) is 1.04. The second-order valence-electron chi connectivity index (χ2n) is 2.47. The van der Waals surface area contributed by atoms with E-state index in [-0.39, 0.29) is 6.42 Å². The maximum absolute atomic E-state index is 10.2. The topological polar surface area (TPSA) is 55.1 Å². The number of halogens is 1. The van der Waals surface area contributed by atoms with Gasteiger partial charge in [-0.25, -0.2) is 4.98 Å². The van der Waals surface area contributed by atoms with E-state index in [0.717, 1.165) is 5.69 Å². The lowest BCUT2D eigenvalue weighted by Crippen LogP contribution is -2.01. The Morgan fingerprint density at radius 1 is 1.83 bits per heavy atom. The molecule has 0 bridgehead atoms. The van der Waals surface area contributed by atoms with Crippen molar-refractivity contribution in [2.24, 2.45) is 7.05 Å². The zero-order chi connectivity index (χ0) is 9.14. The molecule has 66 valence electrons. The minimum atomic E-state index is -0.813. The average molecular weight is 189 g/mol. The minimum Gasteiger partial charge on any atom is -0.481 e. The van der Waals surface area contributed by atoms with Gasteiger partial charge in [-0.15, -0.1) is 0 Å². The Morgan fingerprint density at radius 2 is 2.50 bits per heavy atom. The fourth-order valence-electron chi connectivity index (χ4n) is 0.887. The van der Waals surface area contributed by atoms with Crippen LogP contribution < -0.4 is 0 Å². The number of aliphatic carboxylic acids is 1. The van der Waals surface area contributed by atoms with Crippen LogP contribution in [0.4, 0.5) is 0 Å². The monoisotopic (exact) mass is 188 g/mol. The van der Waals surface area contributed by atoms with Crippen molar-refractivity contribution in [1.29, 1.82) is 0 Å². The summed E-state index contributed by atoms with van der Waals surface area (Å²) < 4.78 is 1.67. The first-order chi connectivity index (χ1) is 5.61. The molecule has 0 radical (unpaired) electrons. The number of carboxylic acids is 1. The molecule has 0 aliphatic rings. The van der Waals surface area contributed by atoms with Gasteiger partial charge in [0.2, 0.25) is 5.28 Å². The number of aryl methyl sites for hydroxylation is 1. The Kier molecular flexibility index (Phi) is 2.70. The Balaban J connectivity index is 2.63. The lowest BCUT2D eigenvalue weighted by Gasteiger charge is -1.99. The van der Waals surface area contributed by atoms with Crippen LogP contribution in [0, 0.1) is 0 Å². The fraction of sp³-hybridized carbons (Fsp3) is 0.429. The van der Waals surface area contributed by atoms with Crippen LogP contribution in [-0.2, 0) is 18.3 Å². The lowest BCUT2D eigenvalue weighted by atomic mass is 10.2. The minimum absolute atomic E-state index is 0.107. The van der Waals surface area contributed by atoms with E-state index in [1.807, 2.05) is 0 Å². The summed E-state index contributed by atoms with van der Waals surface area (Å²) >= 11 is 5.65. The molecule has 4 nitrogen and oxygen atoms in total. The molecule has 0 aromatic carbocycles. The molecule has 0 spiro atoms. The molecule has 0 atom stereocenters. The van der Waals surface area contributed by atoms with Crippen LogP contribution in [0.3, 0.4) is 0 Å². The standard InChI is InChI=1S/C7H9ClN2O2/c1-10-5(2-3-6(11)12)4-9-7(10)8/h4H,2-3H2,1H3,(H,11,12). The summed E-state index contributed by atoms with van der Waals surface area (Å²) in [5.41, 5.74) is 0.836. The molecule has 1 aromatic rings. The second-order valence-corrected chi connectivity index (χ2v) is 2.81. The molecular weight excluding hydrogens is 180 g/mol. The molecule has 1 N–H and O–H groups in total. The van der Waals surface area contributed by atoms with Crippen LogP contribution >= 0.6 is 11.6 Å². The Hall–Kier alpha value is -1.03. The van der Waals surface area contributed by atoms with Crippen LogP contribution in [0.5, 0.6) is 0 Å². The normalized spacial score (nSPS) is 10.2. The van der Waals surface area contributed by atoms with Gasteiger partial charge in [0.15, 0.2) is 0 Å². The van der Waals surface area contributed by atoms with Crippen LogP contribution in [0.15, 0.2) is 6.20 Å². The third-order valence-electron chi connectivity index (χ3n) is 1.62. The molecule has 0 saturated heterocycles. The van der Waals surface area contributed by atoms with Gasteiger partial charge in [-0.1, -0.05) is 0 Å². The van der Waals surface area contributed by atoms with E-state index in [1.165, 1.54) is 0 Å². The summed E-state index contributed by atoms with van der Waals surface area (Å²) in [7, 11) is 1.76. The Bertz CT molecular complexity index is 296. The predicted octanol–water partition coefficient (Wildman–Crippen LogP) is 1.09. The summed E-state index contributed by atoms with van der Waals surface area (Å²) in [4.78, 5) is 14.1. The highest BCUT2D eigenvalue weighted by Crippen LogP contribution is 2.09. The number of carboxylic acid groups (broad SMARTS) is 1. The van der Waals surface area contributed by atoms with Gasteiger partial charge in [0.05, 0.1) is 6.42 Å². The molecule has 0 aliphatic carbocycles. The van der Waals surface area contributed by atoms with E-state index in [0.29, 0.717) is 11.7 Å². The SMILES string of the molecule is Cn1c(CCC(=O)O)cnc1Cl. The largest absolute Gasteiger partial charge is 0.481 e. The molecule has 0 saturated carbocycles.